The van der Waals surface area contributed by atoms with Gasteiger partial charge in [0.1, 0.15) is 5.75 Å². The van der Waals surface area contributed by atoms with Crippen molar-refractivity contribution in [3.63, 3.8) is 0 Å². The summed E-state index contributed by atoms with van der Waals surface area (Å²) in [5.74, 6) is 0.653. The molecule has 1 atom stereocenters. The van der Waals surface area contributed by atoms with Gasteiger partial charge in [-0.1, -0.05) is 24.3 Å². The van der Waals surface area contributed by atoms with E-state index in [1.165, 1.54) is 0 Å². The molecule has 0 aliphatic carbocycles. The van der Waals surface area contributed by atoms with Crippen molar-refractivity contribution >= 4 is 22.6 Å². The van der Waals surface area contributed by atoms with E-state index in [4.69, 9.17) is 4.74 Å². The highest BCUT2D eigenvalue weighted by atomic mass is 16.5. The molecule has 3 rings (SSSR count). The summed E-state index contributed by atoms with van der Waals surface area (Å²) in [6.07, 6.45) is 1.68. The number of rotatable bonds is 4. The Morgan fingerprint density at radius 1 is 1.20 bits per heavy atom. The van der Waals surface area contributed by atoms with E-state index < -0.39 is 0 Å². The fraction of sp³-hybridized carbons (Fsp3) is 0.400. The molecule has 132 valence electrons. The van der Waals surface area contributed by atoms with Gasteiger partial charge in [-0.2, -0.15) is 0 Å². The van der Waals surface area contributed by atoms with Crippen molar-refractivity contribution in [2.24, 2.45) is 5.92 Å². The van der Waals surface area contributed by atoms with Gasteiger partial charge in [-0.05, 0) is 37.3 Å². The zero-order valence-electron chi connectivity index (χ0n) is 14.7. The summed E-state index contributed by atoms with van der Waals surface area (Å²) >= 11 is 0. The molecule has 0 aromatic heterocycles. The Kier molecular flexibility index (Phi) is 5.22. The van der Waals surface area contributed by atoms with Crippen molar-refractivity contribution in [3.8, 4) is 5.75 Å². The first-order chi connectivity index (χ1) is 12.2. The van der Waals surface area contributed by atoms with Crippen LogP contribution in [-0.4, -0.2) is 43.5 Å². The number of carbonyl (C=O) groups excluding carboxylic acids is 2. The van der Waals surface area contributed by atoms with Crippen molar-refractivity contribution in [1.82, 2.24) is 10.2 Å². The fourth-order valence-corrected chi connectivity index (χ4v) is 3.50. The maximum Gasteiger partial charge on any atom is 0.254 e. The van der Waals surface area contributed by atoms with E-state index in [0.29, 0.717) is 25.2 Å². The average Bonchev–Trinajstić information content (AvgIpc) is 2.67. The van der Waals surface area contributed by atoms with Crippen LogP contribution in [0.25, 0.3) is 10.8 Å². The zero-order chi connectivity index (χ0) is 17.8. The van der Waals surface area contributed by atoms with Crippen molar-refractivity contribution in [2.45, 2.75) is 19.8 Å². The number of benzene rings is 2. The molecule has 1 unspecified atom stereocenters. The first kappa shape index (κ1) is 17.3. The van der Waals surface area contributed by atoms with Crippen LogP contribution in [0.2, 0.25) is 0 Å². The second-order valence-corrected chi connectivity index (χ2v) is 6.35. The maximum absolute atomic E-state index is 13.1. The van der Waals surface area contributed by atoms with Crippen LogP contribution >= 0.6 is 0 Å². The van der Waals surface area contributed by atoms with Gasteiger partial charge in [0.15, 0.2) is 0 Å². The summed E-state index contributed by atoms with van der Waals surface area (Å²) in [6, 6.07) is 11.4. The van der Waals surface area contributed by atoms with E-state index >= 15 is 0 Å². The Bertz CT molecular complexity index is 788. The molecule has 1 saturated heterocycles. The highest BCUT2D eigenvalue weighted by Crippen LogP contribution is 2.30. The van der Waals surface area contributed by atoms with Gasteiger partial charge in [-0.3, -0.25) is 9.59 Å². The van der Waals surface area contributed by atoms with Crippen molar-refractivity contribution in [2.75, 3.05) is 26.7 Å². The first-order valence-corrected chi connectivity index (χ1v) is 8.78. The molecule has 5 heteroatoms. The van der Waals surface area contributed by atoms with E-state index in [1.807, 2.05) is 43.3 Å². The SMILES string of the molecule is CCNC(=O)C1CCCN(C(=O)c2ccc(OC)c3ccccc23)C1. The zero-order valence-corrected chi connectivity index (χ0v) is 14.7. The molecule has 5 nitrogen and oxygen atoms in total. The Morgan fingerprint density at radius 3 is 2.68 bits per heavy atom. The smallest absolute Gasteiger partial charge is 0.254 e. The predicted octanol–water partition coefficient (Wildman–Crippen LogP) is 2.84. The molecular formula is C20H24N2O3. The minimum absolute atomic E-state index is 0.0205. The predicted molar refractivity (Wildman–Crippen MR) is 97.8 cm³/mol. The molecule has 0 bridgehead atoms. The van der Waals surface area contributed by atoms with Gasteiger partial charge in [0, 0.05) is 30.6 Å². The normalized spacial score (nSPS) is 17.4. The average molecular weight is 340 g/mol. The second-order valence-electron chi connectivity index (χ2n) is 6.35. The van der Waals surface area contributed by atoms with E-state index in [1.54, 1.807) is 12.0 Å². The van der Waals surface area contributed by atoms with Gasteiger partial charge in [0.05, 0.1) is 13.0 Å². The van der Waals surface area contributed by atoms with Gasteiger partial charge < -0.3 is 15.0 Å². The van der Waals surface area contributed by atoms with Crippen molar-refractivity contribution in [3.05, 3.63) is 42.0 Å². The Morgan fingerprint density at radius 2 is 1.96 bits per heavy atom. The van der Waals surface area contributed by atoms with Crippen LogP contribution in [0.4, 0.5) is 0 Å². The molecule has 2 aromatic carbocycles. The third-order valence-electron chi connectivity index (χ3n) is 4.76. The van der Waals surface area contributed by atoms with Crippen molar-refractivity contribution in [1.29, 1.82) is 0 Å². The molecule has 2 aromatic rings. The highest BCUT2D eigenvalue weighted by Gasteiger charge is 2.29. The Balaban J connectivity index is 1.88. The molecule has 2 amide bonds. The molecule has 1 fully saturated rings. The van der Waals surface area contributed by atoms with Crippen LogP contribution in [0.5, 0.6) is 5.75 Å². The topological polar surface area (TPSA) is 58.6 Å². The number of piperidine rings is 1. The molecule has 0 radical (unpaired) electrons. The summed E-state index contributed by atoms with van der Waals surface area (Å²) in [4.78, 5) is 27.0. The molecule has 1 heterocycles. The van der Waals surface area contributed by atoms with Crippen molar-refractivity contribution < 1.29 is 14.3 Å². The molecule has 1 N–H and O–H groups in total. The highest BCUT2D eigenvalue weighted by molar-refractivity contribution is 6.08. The van der Waals surface area contributed by atoms with Gasteiger partial charge in [0.25, 0.3) is 5.91 Å². The van der Waals surface area contributed by atoms with Crippen LogP contribution < -0.4 is 10.1 Å². The molecule has 1 aliphatic rings. The van der Waals surface area contributed by atoms with E-state index in [-0.39, 0.29) is 17.7 Å². The summed E-state index contributed by atoms with van der Waals surface area (Å²) < 4.78 is 5.41. The summed E-state index contributed by atoms with van der Waals surface area (Å²) in [5.41, 5.74) is 0.660. The van der Waals surface area contributed by atoms with Gasteiger partial charge in [-0.15, -0.1) is 0 Å². The number of likely N-dealkylation sites (tertiary alicyclic amines) is 1. The Hall–Kier alpha value is -2.56. The van der Waals surface area contributed by atoms with Crippen LogP contribution in [0, 0.1) is 5.92 Å². The monoisotopic (exact) mass is 340 g/mol. The van der Waals surface area contributed by atoms with Crippen LogP contribution in [0.3, 0.4) is 0 Å². The van der Waals surface area contributed by atoms with E-state index in [9.17, 15) is 9.59 Å². The lowest BCUT2D eigenvalue weighted by Crippen LogP contribution is -2.45. The summed E-state index contributed by atoms with van der Waals surface area (Å²) in [7, 11) is 1.63. The van der Waals surface area contributed by atoms with Crippen LogP contribution in [0.1, 0.15) is 30.1 Å². The standard InChI is InChI=1S/C20H24N2O3/c1-3-21-19(23)14-7-6-12-22(13-14)20(24)17-10-11-18(25-2)16-9-5-4-8-15(16)17/h4-5,8-11,14H,3,6-7,12-13H2,1-2H3,(H,21,23). The third kappa shape index (κ3) is 3.45. The molecule has 0 spiro atoms. The quantitative estimate of drug-likeness (QED) is 0.931. The number of ether oxygens (including phenoxy) is 1. The maximum atomic E-state index is 13.1. The lowest BCUT2D eigenvalue weighted by Gasteiger charge is -2.32. The second kappa shape index (κ2) is 7.55. The number of amides is 2. The number of fused-ring (bicyclic) bond motifs is 1. The van der Waals surface area contributed by atoms with E-state index in [0.717, 1.165) is 29.4 Å². The lowest BCUT2D eigenvalue weighted by molar-refractivity contribution is -0.126. The Labute approximate surface area is 148 Å². The minimum Gasteiger partial charge on any atom is -0.496 e. The van der Waals surface area contributed by atoms with Crippen LogP contribution in [0.15, 0.2) is 36.4 Å². The number of nitrogens with zero attached hydrogens (tertiary/aromatic N) is 1. The molecule has 0 saturated carbocycles. The number of nitrogens with one attached hydrogen (secondary N) is 1. The number of carbonyl (C=O) groups is 2. The van der Waals surface area contributed by atoms with Gasteiger partial charge in [0.2, 0.25) is 5.91 Å². The van der Waals surface area contributed by atoms with Gasteiger partial charge in [-0.25, -0.2) is 0 Å². The van der Waals surface area contributed by atoms with Gasteiger partial charge >= 0.3 is 0 Å². The molecular weight excluding hydrogens is 316 g/mol. The van der Waals surface area contributed by atoms with Crippen LogP contribution in [-0.2, 0) is 4.79 Å². The first-order valence-electron chi connectivity index (χ1n) is 8.78. The fourth-order valence-electron chi connectivity index (χ4n) is 3.50. The number of hydrogen-bond acceptors (Lipinski definition) is 3. The summed E-state index contributed by atoms with van der Waals surface area (Å²) in [6.45, 7) is 3.69. The minimum atomic E-state index is -0.123. The molecule has 1 aliphatic heterocycles. The third-order valence-corrected chi connectivity index (χ3v) is 4.76. The largest absolute Gasteiger partial charge is 0.496 e. The summed E-state index contributed by atoms with van der Waals surface area (Å²) in [5, 5.41) is 4.67. The lowest BCUT2D eigenvalue weighted by atomic mass is 9.95. The number of methoxy groups -OCH3 is 1. The molecule has 25 heavy (non-hydrogen) atoms. The number of hydrogen-bond donors (Lipinski definition) is 1. The van der Waals surface area contributed by atoms with E-state index in [2.05, 4.69) is 5.32 Å².